The minimum atomic E-state index is -0.316. The number of rotatable bonds is 11. The molecule has 0 saturated heterocycles. The standard InChI is InChI=1S/2C18H13FN.2C18H14N.2C12H10N.C11H8N.4Ir/c2*1-13-11-18(15-5-3-2-4-6-15)20-12-17(13)14-7-9-16(19)10-8-14;2*1-14-12-18(16-10-6-3-7-11-16)19-13-17(14)15-8-4-2-5-9-15;1-10-5-7-11(8-6-10)12-4-2-3-9-13-12;1-10-6-5-9-13-12(10)11-7-3-2-4-8-11;1-2-6-10(7-3-1)11-8-4-5-9-12-11;;;;/h2*2-5,7-12H,1H3;2*2-10,12-13H,1H3;2*2-7,9H,1H3;1-6,8-9H;;;;/q7*-1;;;;/i2*2D,3D,4D,5D;;;;;;;;;. The third-order valence-electron chi connectivity index (χ3n) is 17.9. The summed E-state index contributed by atoms with van der Waals surface area (Å²) in [5.41, 5.74) is 26.1. The number of benzene rings is 11. The van der Waals surface area contributed by atoms with Crippen LogP contribution in [0.3, 0.4) is 0 Å². The van der Waals surface area contributed by atoms with E-state index in [4.69, 9.17) is 11.0 Å². The molecular weight excluding hydrogens is 2190 g/mol. The molecule has 0 saturated carbocycles. The Bertz CT molecular complexity index is 6210. The van der Waals surface area contributed by atoms with E-state index in [0.717, 1.165) is 89.7 Å². The Morgan fingerprint density at radius 1 is 0.258 bits per heavy atom. The third-order valence-corrected chi connectivity index (χ3v) is 17.9. The van der Waals surface area contributed by atoms with Crippen LogP contribution in [-0.2, 0) is 80.4 Å². The Morgan fingerprint density at radius 3 is 0.925 bits per heavy atom. The Labute approximate surface area is 770 Å². The second kappa shape index (κ2) is 49.3. The summed E-state index contributed by atoms with van der Waals surface area (Å²) in [4.78, 5) is 30.5. The van der Waals surface area contributed by atoms with Crippen molar-refractivity contribution in [3.8, 4) is 123 Å². The van der Waals surface area contributed by atoms with Crippen LogP contribution >= 0.6 is 0 Å². The fourth-order valence-electron chi connectivity index (χ4n) is 11.9. The molecule has 7 aromatic heterocycles. The molecule has 0 bridgehead atoms. The van der Waals surface area contributed by atoms with Crippen LogP contribution in [0.4, 0.5) is 8.78 Å². The second-order valence-corrected chi connectivity index (χ2v) is 26.3. The SMILES string of the molecule is Cc1c[c-]c(-c2ccccn2)cc1.Cc1cc(-c2[c-]cccc2)ncc1-c1ccccc1.Cc1cc(-c2[c-]cccc2)ncc1-c1ccccc1.Cc1cccnc1-c1[c-]cccc1.[2H]c1[c-]c(-c2cc(C)c(-c3ccc(F)cc3)cn2)c([2H])c([2H])c1[2H].[2H]c1[c-]c(-c2cc(C)c(-c3ccc(F)cc3)cn2)c([2H])c([2H])c1[2H].[Ir].[Ir].[Ir].[Ir].[c-]1ccccc1-c1ccccn1. The van der Waals surface area contributed by atoms with Crippen molar-refractivity contribution in [2.45, 2.75) is 41.5 Å². The minimum absolute atomic E-state index is 0. The summed E-state index contributed by atoms with van der Waals surface area (Å²) in [6.07, 6.45) is 12.5. The summed E-state index contributed by atoms with van der Waals surface area (Å²) in [6, 6.07) is 113. The molecule has 18 aromatic rings. The number of aryl methyl sites for hydroxylation is 6. The normalized spacial score (nSPS) is 10.8. The van der Waals surface area contributed by atoms with Gasteiger partial charge in [-0.25, -0.2) is 8.78 Å². The summed E-state index contributed by atoms with van der Waals surface area (Å²) in [5.74, 6) is -0.619. The van der Waals surface area contributed by atoms with Crippen molar-refractivity contribution in [2.24, 2.45) is 0 Å². The van der Waals surface area contributed by atoms with Gasteiger partial charge in [0.2, 0.25) is 0 Å². The predicted molar refractivity (Wildman–Crippen MR) is 470 cm³/mol. The molecule has 0 aliphatic heterocycles. The number of nitrogens with zero attached hydrogens (tertiary/aromatic N) is 7. The van der Waals surface area contributed by atoms with Gasteiger partial charge in [0.1, 0.15) is 11.6 Å². The quantitative estimate of drug-likeness (QED) is 0.119. The van der Waals surface area contributed by atoms with Crippen LogP contribution in [0, 0.1) is 95.6 Å². The topological polar surface area (TPSA) is 90.2 Å². The maximum absolute atomic E-state index is 13.0. The fourth-order valence-corrected chi connectivity index (χ4v) is 11.9. The van der Waals surface area contributed by atoms with Gasteiger partial charge in [-0.05, 0) is 167 Å². The van der Waals surface area contributed by atoms with Gasteiger partial charge in [-0.15, -0.1) is 251 Å². The zero-order valence-corrected chi connectivity index (χ0v) is 75.6. The van der Waals surface area contributed by atoms with Crippen molar-refractivity contribution >= 4 is 0 Å². The number of aromatic nitrogens is 7. The zero-order valence-electron chi connectivity index (χ0n) is 74.1. The van der Waals surface area contributed by atoms with Gasteiger partial charge in [0.15, 0.2) is 0 Å². The van der Waals surface area contributed by atoms with Crippen molar-refractivity contribution in [3.05, 3.63) is 476 Å². The van der Waals surface area contributed by atoms with Gasteiger partial charge < -0.3 is 34.9 Å². The number of pyridine rings is 7. The zero-order chi connectivity index (χ0) is 87.4. The molecule has 0 N–H and O–H groups in total. The van der Waals surface area contributed by atoms with E-state index in [1.165, 1.54) is 68.8 Å². The molecule has 18 rings (SSSR count). The maximum atomic E-state index is 13.0. The fraction of sp³-hybridized carbons (Fsp3) is 0.0561. The van der Waals surface area contributed by atoms with Crippen LogP contribution in [0.15, 0.2) is 389 Å². The first kappa shape index (κ1) is 81.7. The van der Waals surface area contributed by atoms with Crippen molar-refractivity contribution < 1.29 is 100 Å². The van der Waals surface area contributed by atoms with Crippen LogP contribution in [0.2, 0.25) is 0 Å². The van der Waals surface area contributed by atoms with Crippen molar-refractivity contribution in [1.29, 1.82) is 0 Å². The van der Waals surface area contributed by atoms with Crippen molar-refractivity contribution in [2.75, 3.05) is 0 Å². The molecule has 7 heterocycles. The monoisotopic (exact) mass is 2280 g/mol. The molecular formula is C107H82F2Ir4N7-7. The summed E-state index contributed by atoms with van der Waals surface area (Å²) in [6.45, 7) is 12.1. The Balaban J connectivity index is 0.000000186. The molecule has 4 radical (unpaired) electrons. The van der Waals surface area contributed by atoms with Gasteiger partial charge in [-0.1, -0.05) is 152 Å². The van der Waals surface area contributed by atoms with Gasteiger partial charge in [-0.2, -0.15) is 0 Å². The summed E-state index contributed by atoms with van der Waals surface area (Å²) < 4.78 is 88.1. The number of halogens is 2. The molecule has 0 spiro atoms. The first-order valence-corrected chi connectivity index (χ1v) is 37.3. The predicted octanol–water partition coefficient (Wildman–Crippen LogP) is 26.6. The molecule has 11 aromatic carbocycles. The van der Waals surface area contributed by atoms with E-state index >= 15 is 0 Å². The number of hydrogen-bond acceptors (Lipinski definition) is 7. The van der Waals surface area contributed by atoms with E-state index in [1.807, 2.05) is 220 Å². The summed E-state index contributed by atoms with van der Waals surface area (Å²) in [5, 5.41) is 0. The molecule has 0 unspecified atom stereocenters. The van der Waals surface area contributed by atoms with Crippen LogP contribution in [-0.4, -0.2) is 34.9 Å². The molecule has 0 aliphatic carbocycles. The van der Waals surface area contributed by atoms with Crippen LogP contribution < -0.4 is 0 Å². The van der Waals surface area contributed by atoms with Gasteiger partial charge in [-0.3, -0.25) is 0 Å². The largest absolute Gasteiger partial charge is 0.305 e. The third kappa shape index (κ3) is 27.8. The van der Waals surface area contributed by atoms with E-state index in [9.17, 15) is 8.78 Å². The van der Waals surface area contributed by atoms with Gasteiger partial charge in [0.05, 0.1) is 0 Å². The number of hydrogen-bond donors (Lipinski definition) is 0. The molecule has 7 nitrogen and oxygen atoms in total. The minimum Gasteiger partial charge on any atom is -0.305 e. The van der Waals surface area contributed by atoms with Crippen LogP contribution in [0.1, 0.15) is 44.3 Å². The molecule has 0 amide bonds. The smallest absolute Gasteiger partial charge is 0.123 e. The molecule has 0 atom stereocenters. The van der Waals surface area contributed by atoms with E-state index in [-0.39, 0.29) is 152 Å². The average molecular weight is 2280 g/mol. The van der Waals surface area contributed by atoms with Crippen LogP contribution in [0.5, 0.6) is 0 Å². The van der Waals surface area contributed by atoms with Gasteiger partial charge >= 0.3 is 0 Å². The summed E-state index contributed by atoms with van der Waals surface area (Å²) in [7, 11) is 0. The van der Waals surface area contributed by atoms with E-state index in [1.54, 1.807) is 61.2 Å². The molecule has 602 valence electrons. The van der Waals surface area contributed by atoms with E-state index < -0.39 is 0 Å². The first-order chi connectivity index (χ1) is 60.2. The Kier molecular flexibility index (Phi) is 33.6. The molecule has 13 heteroatoms. The van der Waals surface area contributed by atoms with E-state index in [0.29, 0.717) is 11.4 Å². The second-order valence-electron chi connectivity index (χ2n) is 26.3. The molecule has 0 aliphatic rings. The van der Waals surface area contributed by atoms with E-state index in [2.05, 4.69) is 154 Å². The summed E-state index contributed by atoms with van der Waals surface area (Å²) >= 11 is 0. The van der Waals surface area contributed by atoms with Crippen LogP contribution in [0.25, 0.3) is 123 Å². The molecule has 120 heavy (non-hydrogen) atoms. The first-order valence-electron chi connectivity index (χ1n) is 41.3. The molecule has 0 fully saturated rings. The Morgan fingerprint density at radius 2 is 0.592 bits per heavy atom. The van der Waals surface area contributed by atoms with Gasteiger partial charge in [0.25, 0.3) is 0 Å². The average Bonchev–Trinajstić information content (AvgIpc) is 0.786. The van der Waals surface area contributed by atoms with Crippen molar-refractivity contribution in [3.63, 3.8) is 0 Å². The van der Waals surface area contributed by atoms with Gasteiger partial charge in [0, 0.05) is 152 Å². The Hall–Kier alpha value is -12.1. The van der Waals surface area contributed by atoms with Crippen molar-refractivity contribution in [1.82, 2.24) is 34.9 Å². The maximum Gasteiger partial charge on any atom is 0.123 e.